The quantitative estimate of drug-likeness (QED) is 0.597. The number of carbonyl (C=O) groups is 2. The second-order valence-electron chi connectivity index (χ2n) is 4.70. The summed E-state index contributed by atoms with van der Waals surface area (Å²) in [5.41, 5.74) is 1.04. The predicted octanol–water partition coefficient (Wildman–Crippen LogP) is 4.48. The van der Waals surface area contributed by atoms with E-state index >= 15 is 0 Å². The molecule has 0 spiro atoms. The summed E-state index contributed by atoms with van der Waals surface area (Å²) in [7, 11) is 0. The van der Waals surface area contributed by atoms with Gasteiger partial charge in [0.1, 0.15) is 4.88 Å². The number of benzene rings is 1. The summed E-state index contributed by atoms with van der Waals surface area (Å²) in [6.45, 7) is 2.70. The van der Waals surface area contributed by atoms with Crippen LogP contribution >= 0.6 is 43.2 Å². The Morgan fingerprint density at radius 2 is 1.91 bits per heavy atom. The summed E-state index contributed by atoms with van der Waals surface area (Å²) in [5, 5.41) is 0. The number of thiophene rings is 1. The van der Waals surface area contributed by atoms with Gasteiger partial charge in [-0.3, -0.25) is 4.79 Å². The van der Waals surface area contributed by atoms with Gasteiger partial charge in [-0.25, -0.2) is 4.79 Å². The summed E-state index contributed by atoms with van der Waals surface area (Å²) >= 11 is 7.90. The van der Waals surface area contributed by atoms with Crippen molar-refractivity contribution in [2.24, 2.45) is 0 Å². The Hall–Kier alpha value is -1.18. The molecule has 2 aromatic rings. The van der Waals surface area contributed by atoms with Crippen LogP contribution in [-0.2, 0) is 16.1 Å². The number of halogens is 2. The van der Waals surface area contributed by atoms with Crippen molar-refractivity contribution in [1.82, 2.24) is 4.90 Å². The van der Waals surface area contributed by atoms with Crippen molar-refractivity contribution in [3.8, 4) is 0 Å². The van der Waals surface area contributed by atoms with Crippen LogP contribution in [0.5, 0.6) is 0 Å². The molecule has 4 nitrogen and oxygen atoms in total. The van der Waals surface area contributed by atoms with E-state index in [1.807, 2.05) is 37.3 Å². The van der Waals surface area contributed by atoms with E-state index in [4.69, 9.17) is 4.74 Å². The Kier molecular flexibility index (Phi) is 6.80. The first kappa shape index (κ1) is 18.2. The predicted molar refractivity (Wildman–Crippen MR) is 97.5 cm³/mol. The SMILES string of the molecule is CCN(Cc1ccccc1)C(=O)COC(=O)c1cc(Br)c(Br)s1. The van der Waals surface area contributed by atoms with Gasteiger partial charge in [0.25, 0.3) is 5.91 Å². The number of rotatable bonds is 6. The standard InChI is InChI=1S/C16H15Br2NO3S/c1-2-19(9-11-6-4-3-5-7-11)14(20)10-22-16(21)13-8-12(17)15(18)23-13/h3-8H,2,9-10H2,1H3. The molecule has 0 fully saturated rings. The lowest BCUT2D eigenvalue weighted by Crippen LogP contribution is -2.34. The van der Waals surface area contributed by atoms with Gasteiger partial charge in [0.15, 0.2) is 6.61 Å². The maximum atomic E-state index is 12.2. The van der Waals surface area contributed by atoms with Crippen LogP contribution in [0.2, 0.25) is 0 Å². The maximum Gasteiger partial charge on any atom is 0.348 e. The third-order valence-electron chi connectivity index (χ3n) is 3.12. The number of hydrogen-bond donors (Lipinski definition) is 0. The van der Waals surface area contributed by atoms with Gasteiger partial charge in [-0.1, -0.05) is 30.3 Å². The molecule has 0 saturated carbocycles. The number of likely N-dealkylation sites (N-methyl/N-ethyl adjacent to an activating group) is 1. The molecule has 1 heterocycles. The summed E-state index contributed by atoms with van der Waals surface area (Å²) in [4.78, 5) is 26.3. The highest BCUT2D eigenvalue weighted by atomic mass is 79.9. The fraction of sp³-hybridized carbons (Fsp3) is 0.250. The van der Waals surface area contributed by atoms with E-state index in [9.17, 15) is 9.59 Å². The van der Waals surface area contributed by atoms with E-state index in [2.05, 4.69) is 31.9 Å². The van der Waals surface area contributed by atoms with Crippen LogP contribution in [0, 0.1) is 0 Å². The molecule has 23 heavy (non-hydrogen) atoms. The Morgan fingerprint density at radius 3 is 2.48 bits per heavy atom. The van der Waals surface area contributed by atoms with Gasteiger partial charge in [0.05, 0.1) is 3.79 Å². The van der Waals surface area contributed by atoms with Gasteiger partial charge < -0.3 is 9.64 Å². The number of ether oxygens (including phenoxy) is 1. The summed E-state index contributed by atoms with van der Waals surface area (Å²) in [6.07, 6.45) is 0. The van der Waals surface area contributed by atoms with Crippen molar-refractivity contribution < 1.29 is 14.3 Å². The number of carbonyl (C=O) groups excluding carboxylic acids is 2. The Bertz CT molecular complexity index is 668. The third-order valence-corrected chi connectivity index (χ3v) is 6.36. The Morgan fingerprint density at radius 1 is 1.22 bits per heavy atom. The molecule has 0 unspecified atom stereocenters. The zero-order chi connectivity index (χ0) is 16.8. The Balaban J connectivity index is 1.90. The molecule has 7 heteroatoms. The van der Waals surface area contributed by atoms with Gasteiger partial charge in [-0.2, -0.15) is 0 Å². The maximum absolute atomic E-state index is 12.2. The number of esters is 1. The number of nitrogens with zero attached hydrogens (tertiary/aromatic N) is 1. The first-order valence-electron chi connectivity index (χ1n) is 6.95. The number of hydrogen-bond acceptors (Lipinski definition) is 4. The number of amides is 1. The lowest BCUT2D eigenvalue weighted by atomic mass is 10.2. The smallest absolute Gasteiger partial charge is 0.348 e. The first-order chi connectivity index (χ1) is 11.0. The molecule has 0 atom stereocenters. The molecule has 1 amide bonds. The average molecular weight is 461 g/mol. The fourth-order valence-electron chi connectivity index (χ4n) is 1.92. The zero-order valence-electron chi connectivity index (χ0n) is 12.4. The van der Waals surface area contributed by atoms with Crippen LogP contribution in [-0.4, -0.2) is 29.9 Å². The molecule has 0 bridgehead atoms. The molecule has 122 valence electrons. The average Bonchev–Trinajstić information content (AvgIpc) is 2.90. The van der Waals surface area contributed by atoms with Crippen molar-refractivity contribution in [2.45, 2.75) is 13.5 Å². The van der Waals surface area contributed by atoms with Crippen molar-refractivity contribution >= 4 is 55.1 Å². The topological polar surface area (TPSA) is 46.6 Å². The monoisotopic (exact) mass is 459 g/mol. The van der Waals surface area contributed by atoms with E-state index in [-0.39, 0.29) is 12.5 Å². The van der Waals surface area contributed by atoms with Gasteiger partial charge in [0.2, 0.25) is 0 Å². The van der Waals surface area contributed by atoms with E-state index in [1.54, 1.807) is 11.0 Å². The fourth-order valence-corrected chi connectivity index (χ4v) is 3.85. The Labute approximate surface area is 155 Å². The van der Waals surface area contributed by atoms with Crippen LogP contribution in [0.1, 0.15) is 22.2 Å². The summed E-state index contributed by atoms with van der Waals surface area (Å²) in [6, 6.07) is 11.4. The van der Waals surface area contributed by atoms with E-state index in [0.717, 1.165) is 13.8 Å². The molecule has 0 aliphatic carbocycles. The largest absolute Gasteiger partial charge is 0.451 e. The molecule has 0 radical (unpaired) electrons. The van der Waals surface area contributed by atoms with Crippen molar-refractivity contribution in [3.05, 3.63) is 55.1 Å². The first-order valence-corrected chi connectivity index (χ1v) is 9.35. The van der Waals surface area contributed by atoms with Gasteiger partial charge >= 0.3 is 5.97 Å². The molecule has 1 aromatic carbocycles. The minimum Gasteiger partial charge on any atom is -0.451 e. The van der Waals surface area contributed by atoms with Crippen molar-refractivity contribution in [2.75, 3.05) is 13.2 Å². The van der Waals surface area contributed by atoms with E-state index < -0.39 is 5.97 Å². The molecule has 0 aliphatic rings. The highest BCUT2D eigenvalue weighted by Crippen LogP contribution is 2.32. The van der Waals surface area contributed by atoms with Crippen LogP contribution < -0.4 is 0 Å². The van der Waals surface area contributed by atoms with E-state index in [1.165, 1.54) is 11.3 Å². The van der Waals surface area contributed by atoms with Crippen LogP contribution in [0.3, 0.4) is 0 Å². The molecular formula is C16H15Br2NO3S. The molecular weight excluding hydrogens is 446 g/mol. The summed E-state index contributed by atoms with van der Waals surface area (Å²) in [5.74, 6) is -0.704. The highest BCUT2D eigenvalue weighted by molar-refractivity contribution is 9.13. The second-order valence-corrected chi connectivity index (χ2v) is 7.93. The second kappa shape index (κ2) is 8.61. The van der Waals surface area contributed by atoms with Gasteiger partial charge in [-0.15, -0.1) is 11.3 Å². The van der Waals surface area contributed by atoms with Gasteiger partial charge in [0, 0.05) is 17.6 Å². The molecule has 1 aromatic heterocycles. The molecule has 0 N–H and O–H groups in total. The highest BCUT2D eigenvalue weighted by Gasteiger charge is 2.17. The molecule has 0 saturated heterocycles. The van der Waals surface area contributed by atoms with Gasteiger partial charge in [-0.05, 0) is 50.4 Å². The van der Waals surface area contributed by atoms with Crippen molar-refractivity contribution in [1.29, 1.82) is 0 Å². The zero-order valence-corrected chi connectivity index (χ0v) is 16.4. The van der Waals surface area contributed by atoms with Crippen LogP contribution in [0.25, 0.3) is 0 Å². The lowest BCUT2D eigenvalue weighted by Gasteiger charge is -2.20. The summed E-state index contributed by atoms with van der Waals surface area (Å²) < 4.78 is 6.72. The molecule has 0 aliphatic heterocycles. The van der Waals surface area contributed by atoms with Crippen LogP contribution in [0.4, 0.5) is 0 Å². The minimum absolute atomic E-state index is 0.209. The van der Waals surface area contributed by atoms with E-state index in [0.29, 0.717) is 18.0 Å². The molecule has 2 rings (SSSR count). The van der Waals surface area contributed by atoms with Crippen molar-refractivity contribution in [3.63, 3.8) is 0 Å². The van der Waals surface area contributed by atoms with Crippen LogP contribution in [0.15, 0.2) is 44.7 Å². The minimum atomic E-state index is -0.495. The normalized spacial score (nSPS) is 10.4. The lowest BCUT2D eigenvalue weighted by molar-refractivity contribution is -0.134. The third kappa shape index (κ3) is 5.16.